The highest BCUT2D eigenvalue weighted by Gasteiger charge is 2.39. The Morgan fingerprint density at radius 1 is 1.29 bits per heavy atom. The van der Waals surface area contributed by atoms with Gasteiger partial charge in [0.25, 0.3) is 5.91 Å². The number of nitrogens with zero attached hydrogens (tertiary/aromatic N) is 2. The molecule has 1 aromatic heterocycles. The first-order valence-corrected chi connectivity index (χ1v) is 6.20. The van der Waals surface area contributed by atoms with E-state index in [1.807, 2.05) is 13.8 Å². The van der Waals surface area contributed by atoms with Crippen LogP contribution >= 0.6 is 15.9 Å². The predicted molar refractivity (Wildman–Crippen MR) is 68.2 cm³/mol. The molecule has 0 fully saturated rings. The second kappa shape index (κ2) is 3.70. The SMILES string of the molecule is CN1CC(C)(C)C(=O)c2cc(Br)n(C)c2C1=O. The summed E-state index contributed by atoms with van der Waals surface area (Å²) >= 11 is 3.35. The Hall–Kier alpha value is -1.10. The Balaban J connectivity index is 2.72. The number of halogens is 1. The van der Waals surface area contributed by atoms with E-state index in [9.17, 15) is 9.59 Å². The van der Waals surface area contributed by atoms with Gasteiger partial charge in [-0.25, -0.2) is 0 Å². The highest BCUT2D eigenvalue weighted by Crippen LogP contribution is 2.32. The first-order chi connectivity index (χ1) is 7.75. The van der Waals surface area contributed by atoms with Gasteiger partial charge < -0.3 is 9.47 Å². The molecule has 1 aliphatic rings. The molecule has 17 heavy (non-hydrogen) atoms. The zero-order valence-corrected chi connectivity index (χ0v) is 12.0. The fourth-order valence-corrected chi connectivity index (χ4v) is 2.69. The maximum absolute atomic E-state index is 12.4. The zero-order valence-electron chi connectivity index (χ0n) is 10.4. The Morgan fingerprint density at radius 3 is 2.47 bits per heavy atom. The van der Waals surface area contributed by atoms with Crippen molar-refractivity contribution in [2.45, 2.75) is 13.8 Å². The summed E-state index contributed by atoms with van der Waals surface area (Å²) in [5.41, 5.74) is 0.435. The third-order valence-corrected chi connectivity index (χ3v) is 3.98. The lowest BCUT2D eigenvalue weighted by molar-refractivity contribution is 0.0700. The number of fused-ring (bicyclic) bond motifs is 1. The molecule has 0 saturated carbocycles. The lowest BCUT2D eigenvalue weighted by atomic mass is 9.85. The number of rotatable bonds is 0. The smallest absolute Gasteiger partial charge is 0.271 e. The van der Waals surface area contributed by atoms with Crippen LogP contribution in [0.3, 0.4) is 0 Å². The highest BCUT2D eigenvalue weighted by molar-refractivity contribution is 9.10. The molecule has 0 N–H and O–H groups in total. The summed E-state index contributed by atoms with van der Waals surface area (Å²) in [6.45, 7) is 4.18. The quantitative estimate of drug-likeness (QED) is 0.736. The van der Waals surface area contributed by atoms with Crippen molar-refractivity contribution in [3.8, 4) is 0 Å². The van der Waals surface area contributed by atoms with E-state index in [-0.39, 0.29) is 11.7 Å². The van der Waals surface area contributed by atoms with E-state index in [0.717, 1.165) is 4.60 Å². The van der Waals surface area contributed by atoms with Crippen molar-refractivity contribution < 1.29 is 9.59 Å². The van der Waals surface area contributed by atoms with Crippen LogP contribution in [0.5, 0.6) is 0 Å². The molecule has 0 saturated heterocycles. The van der Waals surface area contributed by atoms with E-state index in [4.69, 9.17) is 0 Å². The van der Waals surface area contributed by atoms with Crippen molar-refractivity contribution in [3.63, 3.8) is 0 Å². The van der Waals surface area contributed by atoms with Crippen molar-refractivity contribution in [3.05, 3.63) is 21.9 Å². The number of aromatic nitrogens is 1. The molecular weight excluding hydrogens is 284 g/mol. The number of hydrogen-bond donors (Lipinski definition) is 0. The number of ketones is 1. The van der Waals surface area contributed by atoms with Crippen molar-refractivity contribution in [1.82, 2.24) is 9.47 Å². The lowest BCUT2D eigenvalue weighted by Gasteiger charge is -2.25. The molecule has 0 aliphatic carbocycles. The van der Waals surface area contributed by atoms with Crippen molar-refractivity contribution in [1.29, 1.82) is 0 Å². The Bertz CT molecular complexity index is 517. The molecule has 1 amide bonds. The third-order valence-electron chi connectivity index (χ3n) is 3.22. The lowest BCUT2D eigenvalue weighted by Crippen LogP contribution is -2.37. The van der Waals surface area contributed by atoms with Gasteiger partial charge in [0.2, 0.25) is 0 Å². The number of Topliss-reactive ketones (excluding diaryl/α,β-unsaturated/α-hetero) is 1. The average Bonchev–Trinajstić information content (AvgIpc) is 2.49. The van der Waals surface area contributed by atoms with Gasteiger partial charge in [-0.1, -0.05) is 13.8 Å². The van der Waals surface area contributed by atoms with E-state index in [1.54, 1.807) is 29.6 Å². The van der Waals surface area contributed by atoms with Crippen LogP contribution in [-0.2, 0) is 7.05 Å². The number of hydrogen-bond acceptors (Lipinski definition) is 2. The molecule has 1 aromatic rings. The molecule has 1 aliphatic heterocycles. The van der Waals surface area contributed by atoms with Crippen molar-refractivity contribution in [2.75, 3.05) is 13.6 Å². The van der Waals surface area contributed by atoms with Crippen LogP contribution in [-0.4, -0.2) is 34.7 Å². The van der Waals surface area contributed by atoms with Gasteiger partial charge in [0.1, 0.15) is 5.69 Å². The first kappa shape index (κ1) is 12.4. The third kappa shape index (κ3) is 1.73. The van der Waals surface area contributed by atoms with Gasteiger partial charge in [-0.2, -0.15) is 0 Å². The number of amides is 1. The molecule has 0 spiro atoms. The van der Waals surface area contributed by atoms with Gasteiger partial charge in [0.05, 0.1) is 10.2 Å². The number of carbonyl (C=O) groups excluding carboxylic acids is 2. The summed E-state index contributed by atoms with van der Waals surface area (Å²) < 4.78 is 2.46. The summed E-state index contributed by atoms with van der Waals surface area (Å²) in [5.74, 6) is -0.0846. The molecule has 0 aromatic carbocycles. The molecule has 0 unspecified atom stereocenters. The van der Waals surface area contributed by atoms with Gasteiger partial charge in [0, 0.05) is 26.1 Å². The number of carbonyl (C=O) groups is 2. The van der Waals surface area contributed by atoms with E-state index in [1.165, 1.54) is 0 Å². The fraction of sp³-hybridized carbons (Fsp3) is 0.500. The first-order valence-electron chi connectivity index (χ1n) is 5.41. The van der Waals surface area contributed by atoms with Crippen molar-refractivity contribution in [2.24, 2.45) is 12.5 Å². The topological polar surface area (TPSA) is 42.3 Å². The van der Waals surface area contributed by atoms with Gasteiger partial charge in [-0.3, -0.25) is 9.59 Å². The van der Waals surface area contributed by atoms with E-state index >= 15 is 0 Å². The summed E-state index contributed by atoms with van der Waals surface area (Å²) in [6.07, 6.45) is 0. The average molecular weight is 299 g/mol. The molecule has 92 valence electrons. The molecule has 5 heteroatoms. The summed E-state index contributed by atoms with van der Waals surface area (Å²) in [4.78, 5) is 26.2. The second-order valence-corrected chi connectivity index (χ2v) is 5.98. The molecule has 4 nitrogen and oxygen atoms in total. The van der Waals surface area contributed by atoms with Crippen LogP contribution in [0.25, 0.3) is 0 Å². The van der Waals surface area contributed by atoms with Gasteiger partial charge in [-0.15, -0.1) is 0 Å². The summed E-state index contributed by atoms with van der Waals surface area (Å²) in [7, 11) is 3.51. The Labute approximate surface area is 109 Å². The monoisotopic (exact) mass is 298 g/mol. The minimum absolute atomic E-state index is 0.0199. The normalized spacial score (nSPS) is 19.2. The Morgan fingerprint density at radius 2 is 1.88 bits per heavy atom. The van der Waals surface area contributed by atoms with Gasteiger partial charge in [0.15, 0.2) is 5.78 Å². The van der Waals surface area contributed by atoms with E-state index < -0.39 is 5.41 Å². The van der Waals surface area contributed by atoms with Crippen LogP contribution in [0.1, 0.15) is 34.7 Å². The maximum Gasteiger partial charge on any atom is 0.271 e. The van der Waals surface area contributed by atoms with Crippen LogP contribution in [0.15, 0.2) is 10.7 Å². The van der Waals surface area contributed by atoms with Crippen LogP contribution < -0.4 is 0 Å². The standard InChI is InChI=1S/C12H15BrN2O2/c1-12(2)6-14(3)11(17)9-7(10(12)16)5-8(13)15(9)4/h5H,6H2,1-4H3. The minimum Gasteiger partial charge on any atom is -0.339 e. The van der Waals surface area contributed by atoms with Gasteiger partial charge >= 0.3 is 0 Å². The predicted octanol–water partition coefficient (Wildman–Crippen LogP) is 2.08. The molecule has 0 bridgehead atoms. The largest absolute Gasteiger partial charge is 0.339 e. The minimum atomic E-state index is -0.545. The summed E-state index contributed by atoms with van der Waals surface area (Å²) in [6, 6.07) is 1.73. The van der Waals surface area contributed by atoms with Crippen LogP contribution in [0.2, 0.25) is 0 Å². The highest BCUT2D eigenvalue weighted by atomic mass is 79.9. The molecule has 2 heterocycles. The second-order valence-electron chi connectivity index (χ2n) is 5.16. The molecule has 0 radical (unpaired) electrons. The molecule has 2 rings (SSSR count). The maximum atomic E-state index is 12.4. The van der Waals surface area contributed by atoms with Gasteiger partial charge in [-0.05, 0) is 22.0 Å². The van der Waals surface area contributed by atoms with Crippen LogP contribution in [0.4, 0.5) is 0 Å². The van der Waals surface area contributed by atoms with E-state index in [0.29, 0.717) is 17.8 Å². The fourth-order valence-electron chi connectivity index (χ4n) is 2.29. The van der Waals surface area contributed by atoms with Crippen LogP contribution in [0, 0.1) is 5.41 Å². The Kier molecular flexibility index (Phi) is 2.69. The van der Waals surface area contributed by atoms with Crippen molar-refractivity contribution >= 4 is 27.6 Å². The zero-order chi connectivity index (χ0) is 13.0. The molecular formula is C12H15BrN2O2. The summed E-state index contributed by atoms with van der Waals surface area (Å²) in [5, 5.41) is 0. The van der Waals surface area contributed by atoms with E-state index in [2.05, 4.69) is 15.9 Å². The molecule has 0 atom stereocenters.